The van der Waals surface area contributed by atoms with Crippen molar-refractivity contribution >= 4 is 50.5 Å². The van der Waals surface area contributed by atoms with Crippen molar-refractivity contribution in [3.8, 4) is 0 Å². The van der Waals surface area contributed by atoms with Gasteiger partial charge >= 0.3 is 0 Å². The van der Waals surface area contributed by atoms with E-state index in [4.69, 9.17) is 21.7 Å². The molecule has 206 valence electrons. The summed E-state index contributed by atoms with van der Waals surface area (Å²) < 4.78 is 28.4. The van der Waals surface area contributed by atoms with Gasteiger partial charge in [-0.25, -0.2) is 13.4 Å². The molecule has 2 N–H and O–H groups in total. The second kappa shape index (κ2) is 9.24. The highest BCUT2D eigenvalue weighted by atomic mass is 35.5. The van der Waals surface area contributed by atoms with E-state index in [9.17, 15) is 13.2 Å². The Hall–Kier alpha value is -3.09. The van der Waals surface area contributed by atoms with Crippen molar-refractivity contribution in [1.82, 2.24) is 24.8 Å². The number of sulfonamides is 1. The molecular weight excluding hydrogens is 540 g/mol. The molecule has 0 bridgehead atoms. The highest BCUT2D eigenvalue weighted by molar-refractivity contribution is 7.92. The topological polar surface area (TPSA) is 115 Å². The molecule has 3 aromatic rings. The van der Waals surface area contributed by atoms with Gasteiger partial charge in [0.15, 0.2) is 5.65 Å². The number of piperazine rings is 1. The molecule has 0 spiro atoms. The van der Waals surface area contributed by atoms with Crippen LogP contribution in [-0.2, 0) is 10.0 Å². The average Bonchev–Trinajstić information content (AvgIpc) is 3.28. The van der Waals surface area contributed by atoms with E-state index in [1.165, 1.54) is 18.6 Å². The Morgan fingerprint density at radius 3 is 2.64 bits per heavy atom. The number of rotatable bonds is 6. The number of nitrogens with zero attached hydrogens (tertiary/aromatic N) is 6. The Morgan fingerprint density at radius 2 is 1.97 bits per heavy atom. The monoisotopic (exact) mass is 570 g/mol. The number of hydrogen-bond donors (Lipinski definition) is 2. The van der Waals surface area contributed by atoms with Gasteiger partial charge in [0.05, 0.1) is 35.3 Å². The number of halogens is 1. The fraction of sp³-hybridized carbons (Fsp3) is 0.500. The number of likely N-dealkylation sites (tertiary alicyclic amines) is 1. The summed E-state index contributed by atoms with van der Waals surface area (Å²) in [6.45, 7) is 4.47. The minimum absolute atomic E-state index is 0.218. The van der Waals surface area contributed by atoms with Gasteiger partial charge in [0.25, 0.3) is 5.91 Å². The van der Waals surface area contributed by atoms with E-state index in [-0.39, 0.29) is 23.2 Å². The molecule has 1 aromatic carbocycles. The molecule has 7 rings (SSSR count). The summed E-state index contributed by atoms with van der Waals surface area (Å²) in [5.41, 5.74) is 2.02. The van der Waals surface area contributed by atoms with Crippen LogP contribution in [0, 0.1) is 0 Å². The predicted molar refractivity (Wildman–Crippen MR) is 150 cm³/mol. The number of piperidine rings is 1. The van der Waals surface area contributed by atoms with Crippen LogP contribution in [0.4, 0.5) is 17.3 Å². The molecule has 4 fully saturated rings. The van der Waals surface area contributed by atoms with E-state index in [0.29, 0.717) is 23.7 Å². The molecule has 0 radical (unpaired) electrons. The molecule has 11 nitrogen and oxygen atoms in total. The number of carbonyl (C=O) groups is 1. The molecule has 6 heterocycles. The van der Waals surface area contributed by atoms with Gasteiger partial charge in [-0.15, -0.1) is 0 Å². The minimum atomic E-state index is -3.58. The first-order valence-electron chi connectivity index (χ1n) is 13.5. The molecule has 1 amide bonds. The molecule has 3 atom stereocenters. The summed E-state index contributed by atoms with van der Waals surface area (Å²) in [6, 6.07) is 9.54. The van der Waals surface area contributed by atoms with Crippen LogP contribution in [0.15, 0.2) is 30.3 Å². The lowest BCUT2D eigenvalue weighted by Crippen LogP contribution is -2.78. The first-order valence-corrected chi connectivity index (χ1v) is 15.8. The first kappa shape index (κ1) is 24.9. The van der Waals surface area contributed by atoms with E-state index in [1.54, 1.807) is 11.0 Å². The summed E-state index contributed by atoms with van der Waals surface area (Å²) in [7, 11) is -3.58. The second-order valence-corrected chi connectivity index (χ2v) is 13.1. The summed E-state index contributed by atoms with van der Waals surface area (Å²) in [6.07, 6.45) is 4.82. The zero-order chi connectivity index (χ0) is 26.9. The molecule has 0 saturated carbocycles. The highest BCUT2D eigenvalue weighted by Gasteiger charge is 2.46. The number of aromatic nitrogens is 3. The van der Waals surface area contributed by atoms with Gasteiger partial charge in [-0.2, -0.15) is 9.61 Å². The zero-order valence-corrected chi connectivity index (χ0v) is 23.2. The lowest BCUT2D eigenvalue weighted by Gasteiger charge is -2.57. The number of carbonyl (C=O) groups excluding carboxylic acids is 1. The van der Waals surface area contributed by atoms with Crippen molar-refractivity contribution < 1.29 is 13.2 Å². The normalized spacial score (nSPS) is 24.6. The average molecular weight is 571 g/mol. The molecule has 1 unspecified atom stereocenters. The van der Waals surface area contributed by atoms with Crippen molar-refractivity contribution in [1.29, 1.82) is 0 Å². The molecule has 0 aliphatic carbocycles. The largest absolute Gasteiger partial charge is 0.356 e. The van der Waals surface area contributed by atoms with Gasteiger partial charge in [0.1, 0.15) is 11.6 Å². The van der Waals surface area contributed by atoms with E-state index >= 15 is 0 Å². The molecule has 39 heavy (non-hydrogen) atoms. The Balaban J connectivity index is 1.26. The smallest absolute Gasteiger partial charge is 0.256 e. The van der Waals surface area contributed by atoms with E-state index in [0.717, 1.165) is 74.7 Å². The minimum Gasteiger partial charge on any atom is -0.356 e. The van der Waals surface area contributed by atoms with Crippen LogP contribution < -0.4 is 19.8 Å². The van der Waals surface area contributed by atoms with Gasteiger partial charge in [-0.3, -0.25) is 9.52 Å². The Morgan fingerprint density at radius 1 is 1.13 bits per heavy atom. The van der Waals surface area contributed by atoms with Crippen LogP contribution in [0.25, 0.3) is 5.65 Å². The first-order chi connectivity index (χ1) is 18.7. The van der Waals surface area contributed by atoms with Crippen LogP contribution in [0.2, 0.25) is 5.02 Å². The summed E-state index contributed by atoms with van der Waals surface area (Å²) in [4.78, 5) is 25.4. The van der Waals surface area contributed by atoms with Gasteiger partial charge in [-0.1, -0.05) is 11.6 Å². The standard InChI is InChI=1S/C26H31ClN8O3S/c1-39(37,38)31-18-7-6-16(27)11-17(18)26(36)33-10-3-2-5-21(33)19-12-24-29-23(32-8-4-9-32)13-25(35(24)30-19)34-15-20-22(34)14-28-20/h6-7,11-13,20-22,28,31H,2-5,8-10,14-15H2,1H3/t20?,21-,22-/m0/s1. The Labute approximate surface area is 232 Å². The predicted octanol–water partition coefficient (Wildman–Crippen LogP) is 2.49. The summed E-state index contributed by atoms with van der Waals surface area (Å²) in [5.74, 6) is 1.74. The third kappa shape index (κ3) is 4.38. The van der Waals surface area contributed by atoms with Gasteiger partial charge in [0.2, 0.25) is 10.0 Å². The second-order valence-electron chi connectivity index (χ2n) is 11.0. The van der Waals surface area contributed by atoms with Gasteiger partial charge in [-0.05, 0) is 43.9 Å². The van der Waals surface area contributed by atoms with E-state index in [1.807, 2.05) is 10.6 Å². The molecule has 13 heteroatoms. The number of anilines is 3. The van der Waals surface area contributed by atoms with Crippen molar-refractivity contribution in [2.45, 2.75) is 43.8 Å². The van der Waals surface area contributed by atoms with Gasteiger partial charge in [0, 0.05) is 55.9 Å². The maximum atomic E-state index is 13.9. The Bertz CT molecular complexity index is 1570. The lowest BCUT2D eigenvalue weighted by atomic mass is 9.89. The fourth-order valence-electron chi connectivity index (χ4n) is 6.03. The van der Waals surface area contributed by atoms with Crippen molar-refractivity contribution in [3.63, 3.8) is 0 Å². The van der Waals surface area contributed by atoms with Gasteiger partial charge < -0.3 is 20.0 Å². The fourth-order valence-corrected chi connectivity index (χ4v) is 6.78. The van der Waals surface area contributed by atoms with Crippen molar-refractivity contribution in [2.24, 2.45) is 0 Å². The number of amides is 1. The van der Waals surface area contributed by atoms with E-state index < -0.39 is 10.0 Å². The number of nitrogens with one attached hydrogen (secondary N) is 2. The molecule has 4 saturated heterocycles. The summed E-state index contributed by atoms with van der Waals surface area (Å²) >= 11 is 6.24. The molecule has 2 aromatic heterocycles. The number of fused-ring (bicyclic) bond motifs is 2. The van der Waals surface area contributed by atoms with Crippen LogP contribution in [0.5, 0.6) is 0 Å². The molecular formula is C26H31ClN8O3S. The van der Waals surface area contributed by atoms with Crippen molar-refractivity contribution in [2.75, 3.05) is 53.5 Å². The van der Waals surface area contributed by atoms with Crippen molar-refractivity contribution in [3.05, 3.63) is 46.6 Å². The van der Waals surface area contributed by atoms with Crippen LogP contribution >= 0.6 is 11.6 Å². The third-order valence-corrected chi connectivity index (χ3v) is 9.17. The maximum Gasteiger partial charge on any atom is 0.256 e. The third-order valence-electron chi connectivity index (χ3n) is 8.35. The highest BCUT2D eigenvalue weighted by Crippen LogP contribution is 2.37. The summed E-state index contributed by atoms with van der Waals surface area (Å²) in [5, 5.41) is 8.87. The lowest BCUT2D eigenvalue weighted by molar-refractivity contribution is 0.0607. The van der Waals surface area contributed by atoms with Crippen LogP contribution in [-0.4, -0.2) is 84.9 Å². The SMILES string of the molecule is CS(=O)(=O)Nc1ccc(Cl)cc1C(=O)N1CCCC[C@H]1c1cc2nc(N3CCC3)cc(N3CC4NC[C@@H]43)n2n1. The zero-order valence-electron chi connectivity index (χ0n) is 21.7. The number of hydrogen-bond acceptors (Lipinski definition) is 8. The van der Waals surface area contributed by atoms with E-state index in [2.05, 4.69) is 25.9 Å². The molecule has 4 aliphatic rings. The maximum absolute atomic E-state index is 13.9. The quantitative estimate of drug-likeness (QED) is 0.464. The molecule has 4 aliphatic heterocycles. The van der Waals surface area contributed by atoms with Crippen LogP contribution in [0.3, 0.4) is 0 Å². The Kier molecular flexibility index (Phi) is 5.90. The number of benzene rings is 1. The van der Waals surface area contributed by atoms with Crippen LogP contribution in [0.1, 0.15) is 47.8 Å².